The van der Waals surface area contributed by atoms with E-state index in [1.807, 2.05) is 6.07 Å². The van der Waals surface area contributed by atoms with Crippen molar-refractivity contribution < 1.29 is 14.4 Å². The molecule has 3 aromatic rings. The van der Waals surface area contributed by atoms with Crippen molar-refractivity contribution in [2.24, 2.45) is 29.4 Å². The number of halogens is 1. The topological polar surface area (TPSA) is 126 Å². The highest BCUT2D eigenvalue weighted by atomic mass is 35.5. The Morgan fingerprint density at radius 2 is 0.967 bits per heavy atom. The van der Waals surface area contributed by atoms with Crippen LogP contribution < -0.4 is 20.4 Å². The standard InChI is InChI=1S/C50H78ClN7O3/c1-9-17-24-37(13-5)33-56(34-38(14-6)25-18-10-2)48-53-49(57(35-39(15-7)26-19-11-3)36-40(16-8)27-20-12-4)55-50(54-48)58(47(61)46(52)60)44-31-30-42(51)32-43(44)45(59)41-28-22-21-23-29-41/h21-23,28-32,37-40H,9-20,24-27,33-36H2,1-8H3,(H2,52,60). The molecule has 338 valence electrons. The van der Waals surface area contributed by atoms with E-state index in [2.05, 4.69) is 65.2 Å². The van der Waals surface area contributed by atoms with E-state index >= 15 is 0 Å². The van der Waals surface area contributed by atoms with E-state index in [-0.39, 0.29) is 23.0 Å². The maximum atomic E-state index is 14.4. The van der Waals surface area contributed by atoms with E-state index in [0.29, 0.717) is 46.2 Å². The lowest BCUT2D eigenvalue weighted by Gasteiger charge is -2.34. The minimum Gasteiger partial charge on any atom is -0.361 e. The number of carbonyl (C=O) groups excluding carboxylic acids is 3. The normalized spacial score (nSPS) is 13.3. The highest BCUT2D eigenvalue weighted by Crippen LogP contribution is 2.34. The van der Waals surface area contributed by atoms with Gasteiger partial charge in [-0.05, 0) is 67.6 Å². The molecule has 61 heavy (non-hydrogen) atoms. The smallest absolute Gasteiger partial charge is 0.323 e. The van der Waals surface area contributed by atoms with E-state index in [4.69, 9.17) is 32.3 Å². The number of anilines is 4. The van der Waals surface area contributed by atoms with Crippen molar-refractivity contribution in [3.63, 3.8) is 0 Å². The molecule has 0 saturated carbocycles. The van der Waals surface area contributed by atoms with Gasteiger partial charge in [-0.3, -0.25) is 14.4 Å². The molecule has 0 radical (unpaired) electrons. The van der Waals surface area contributed by atoms with E-state index in [9.17, 15) is 14.4 Å². The van der Waals surface area contributed by atoms with Crippen LogP contribution in [0.3, 0.4) is 0 Å². The van der Waals surface area contributed by atoms with Gasteiger partial charge < -0.3 is 15.5 Å². The summed E-state index contributed by atoms with van der Waals surface area (Å²) < 4.78 is 0. The Morgan fingerprint density at radius 3 is 1.33 bits per heavy atom. The number of unbranched alkanes of at least 4 members (excludes halogenated alkanes) is 4. The van der Waals surface area contributed by atoms with Gasteiger partial charge in [-0.1, -0.05) is 174 Å². The number of primary amides is 1. The monoisotopic (exact) mass is 860 g/mol. The van der Waals surface area contributed by atoms with Gasteiger partial charge >= 0.3 is 11.8 Å². The SMILES string of the molecule is CCCCC(CC)CN(CC(CC)CCCC)c1nc(N(CC(CC)CCCC)CC(CC)CCCC)nc(N(C(=O)C(N)=O)c2ccc(Cl)cc2C(=O)c2ccccc2)n1. The predicted molar refractivity (Wildman–Crippen MR) is 255 cm³/mol. The van der Waals surface area contributed by atoms with Gasteiger partial charge in [-0.15, -0.1) is 0 Å². The lowest BCUT2D eigenvalue weighted by molar-refractivity contribution is -0.135. The fourth-order valence-electron chi connectivity index (χ4n) is 8.17. The zero-order chi connectivity index (χ0) is 44.7. The number of ketones is 1. The fourth-order valence-corrected chi connectivity index (χ4v) is 8.34. The molecule has 0 bridgehead atoms. The number of hydrogen-bond acceptors (Lipinski definition) is 8. The maximum absolute atomic E-state index is 14.4. The molecule has 10 nitrogen and oxygen atoms in total. The summed E-state index contributed by atoms with van der Waals surface area (Å²) in [6.07, 6.45) is 17.3. The van der Waals surface area contributed by atoms with Gasteiger partial charge in [-0.25, -0.2) is 4.90 Å². The molecule has 0 aliphatic rings. The highest BCUT2D eigenvalue weighted by Gasteiger charge is 2.33. The van der Waals surface area contributed by atoms with Crippen molar-refractivity contribution >= 4 is 52.7 Å². The van der Waals surface area contributed by atoms with Crippen LogP contribution in [0.2, 0.25) is 5.02 Å². The second-order valence-electron chi connectivity index (χ2n) is 17.1. The number of nitrogens with zero attached hydrogens (tertiary/aromatic N) is 6. The molecule has 2 N–H and O–H groups in total. The summed E-state index contributed by atoms with van der Waals surface area (Å²) in [5.41, 5.74) is 6.51. The van der Waals surface area contributed by atoms with Crippen molar-refractivity contribution in [1.82, 2.24) is 15.0 Å². The zero-order valence-corrected chi connectivity index (χ0v) is 39.7. The fraction of sp³-hybridized carbons (Fsp3) is 0.640. The molecule has 3 rings (SSSR count). The van der Waals surface area contributed by atoms with Crippen LogP contribution in [0.5, 0.6) is 0 Å². The minimum absolute atomic E-state index is 0.0466. The van der Waals surface area contributed by atoms with Crippen LogP contribution in [0.25, 0.3) is 0 Å². The van der Waals surface area contributed by atoms with Crippen molar-refractivity contribution in [1.29, 1.82) is 0 Å². The van der Waals surface area contributed by atoms with Gasteiger partial charge in [0.15, 0.2) is 5.78 Å². The first-order chi connectivity index (χ1) is 29.5. The van der Waals surface area contributed by atoms with Gasteiger partial charge in [-0.2, -0.15) is 15.0 Å². The molecule has 2 aromatic carbocycles. The first-order valence-corrected chi connectivity index (χ1v) is 24.1. The Bertz CT molecular complexity index is 1660. The first-order valence-electron chi connectivity index (χ1n) is 23.8. The Balaban J connectivity index is 2.48. The largest absolute Gasteiger partial charge is 0.361 e. The number of rotatable bonds is 30. The Hall–Kier alpha value is -4.05. The number of carbonyl (C=O) groups is 3. The molecule has 0 fully saturated rings. The number of amides is 2. The van der Waals surface area contributed by atoms with Gasteiger partial charge in [0.2, 0.25) is 17.8 Å². The molecular weight excluding hydrogens is 782 g/mol. The molecule has 0 aliphatic heterocycles. The van der Waals surface area contributed by atoms with Gasteiger partial charge in [0.1, 0.15) is 0 Å². The molecule has 0 spiro atoms. The summed E-state index contributed by atoms with van der Waals surface area (Å²) in [6.45, 7) is 20.9. The number of benzene rings is 2. The third-order valence-electron chi connectivity index (χ3n) is 12.3. The lowest BCUT2D eigenvalue weighted by atomic mass is 9.96. The number of nitrogens with two attached hydrogens (primary N) is 1. The molecule has 0 saturated heterocycles. The predicted octanol–water partition coefficient (Wildman–Crippen LogP) is 12.4. The van der Waals surface area contributed by atoms with Crippen LogP contribution in [0, 0.1) is 23.7 Å². The minimum atomic E-state index is -1.20. The third-order valence-corrected chi connectivity index (χ3v) is 12.6. The Morgan fingerprint density at radius 1 is 0.574 bits per heavy atom. The van der Waals surface area contributed by atoms with Crippen molar-refractivity contribution in [2.45, 2.75) is 158 Å². The average molecular weight is 861 g/mol. The van der Waals surface area contributed by atoms with Crippen molar-refractivity contribution in [2.75, 3.05) is 40.9 Å². The summed E-state index contributed by atoms with van der Waals surface area (Å²) in [5, 5.41) is 0.301. The zero-order valence-electron chi connectivity index (χ0n) is 38.9. The van der Waals surface area contributed by atoms with Gasteiger partial charge in [0.05, 0.1) is 5.69 Å². The molecule has 4 atom stereocenters. The first kappa shape index (κ1) is 51.3. The molecule has 1 aromatic heterocycles. The van der Waals surface area contributed by atoms with Crippen LogP contribution in [0.1, 0.15) is 174 Å². The number of hydrogen-bond donors (Lipinski definition) is 1. The second-order valence-corrected chi connectivity index (χ2v) is 17.5. The van der Waals surface area contributed by atoms with Crippen molar-refractivity contribution in [3.05, 3.63) is 64.7 Å². The van der Waals surface area contributed by atoms with Gasteiger partial charge in [0, 0.05) is 42.3 Å². The molecule has 0 aliphatic carbocycles. The highest BCUT2D eigenvalue weighted by molar-refractivity contribution is 6.42. The van der Waals surface area contributed by atoms with E-state index < -0.39 is 11.8 Å². The summed E-state index contributed by atoms with van der Waals surface area (Å²) >= 11 is 6.57. The Labute approximate surface area is 373 Å². The average Bonchev–Trinajstić information content (AvgIpc) is 3.28. The molecule has 4 unspecified atom stereocenters. The van der Waals surface area contributed by atoms with E-state index in [0.717, 1.165) is 134 Å². The van der Waals surface area contributed by atoms with Crippen LogP contribution in [-0.2, 0) is 9.59 Å². The molecule has 1 heterocycles. The summed E-state index contributed by atoms with van der Waals surface area (Å²) in [6, 6.07) is 13.5. The Kier molecular flexibility index (Phi) is 23.4. The van der Waals surface area contributed by atoms with Gasteiger partial charge in [0.25, 0.3) is 0 Å². The summed E-state index contributed by atoms with van der Waals surface area (Å²) in [4.78, 5) is 63.2. The van der Waals surface area contributed by atoms with Crippen LogP contribution in [0.15, 0.2) is 48.5 Å². The summed E-state index contributed by atoms with van der Waals surface area (Å²) in [5.74, 6) is -0.151. The lowest BCUT2D eigenvalue weighted by Crippen LogP contribution is -2.41. The third kappa shape index (κ3) is 16.0. The molecular formula is C50H78ClN7O3. The second kappa shape index (κ2) is 27.8. The summed E-state index contributed by atoms with van der Waals surface area (Å²) in [7, 11) is 0. The van der Waals surface area contributed by atoms with Crippen LogP contribution in [-0.4, -0.2) is 58.7 Å². The van der Waals surface area contributed by atoms with E-state index in [1.54, 1.807) is 36.4 Å². The van der Waals surface area contributed by atoms with Crippen LogP contribution >= 0.6 is 11.6 Å². The van der Waals surface area contributed by atoms with Crippen LogP contribution in [0.4, 0.5) is 23.5 Å². The van der Waals surface area contributed by atoms with Crippen molar-refractivity contribution in [3.8, 4) is 0 Å². The maximum Gasteiger partial charge on any atom is 0.323 e. The number of aromatic nitrogens is 3. The quantitative estimate of drug-likeness (QED) is 0.0519. The molecule has 2 amide bonds. The molecule has 11 heteroatoms. The van der Waals surface area contributed by atoms with E-state index in [1.165, 1.54) is 6.07 Å².